The molecule has 2 heterocycles. The molecular weight excluding hydrogens is 256 g/mol. The fraction of sp³-hybridized carbons (Fsp3) is 0.467. The average molecular weight is 274 g/mol. The Labute approximate surface area is 117 Å². The minimum atomic E-state index is -0.381. The van der Waals surface area contributed by atoms with Crippen LogP contribution in [0.15, 0.2) is 24.3 Å². The van der Waals surface area contributed by atoms with E-state index in [0.29, 0.717) is 23.6 Å². The summed E-state index contributed by atoms with van der Waals surface area (Å²) >= 11 is 0. The molecule has 106 valence electrons. The zero-order chi connectivity index (χ0) is 14.3. The Kier molecular flexibility index (Phi) is 3.31. The Hall–Kier alpha value is -1.72. The highest BCUT2D eigenvalue weighted by molar-refractivity contribution is 6.21. The van der Waals surface area contributed by atoms with Crippen LogP contribution in [-0.4, -0.2) is 52.6 Å². The monoisotopic (exact) mass is 274 g/mol. The third kappa shape index (κ3) is 2.23. The van der Waals surface area contributed by atoms with Gasteiger partial charge in [0, 0.05) is 13.1 Å². The number of nitrogens with zero attached hydrogens (tertiary/aromatic N) is 2. The molecule has 5 heteroatoms. The Morgan fingerprint density at radius 3 is 2.30 bits per heavy atom. The third-order valence-electron chi connectivity index (χ3n) is 3.93. The van der Waals surface area contributed by atoms with E-state index < -0.39 is 0 Å². The lowest BCUT2D eigenvalue weighted by molar-refractivity contribution is 0.0156. The molecule has 5 nitrogen and oxygen atoms in total. The van der Waals surface area contributed by atoms with Gasteiger partial charge in [0.15, 0.2) is 0 Å². The zero-order valence-corrected chi connectivity index (χ0v) is 11.5. The van der Waals surface area contributed by atoms with Crippen LogP contribution in [0.2, 0.25) is 0 Å². The quantitative estimate of drug-likeness (QED) is 0.815. The molecule has 1 fully saturated rings. The third-order valence-corrected chi connectivity index (χ3v) is 3.93. The molecule has 3 rings (SSSR count). The lowest BCUT2D eigenvalue weighted by atomic mass is 9.98. The summed E-state index contributed by atoms with van der Waals surface area (Å²) in [7, 11) is 0. The number of carbonyl (C=O) groups excluding carboxylic acids is 2. The lowest BCUT2D eigenvalue weighted by Crippen LogP contribution is -2.49. The molecule has 0 aliphatic carbocycles. The van der Waals surface area contributed by atoms with Gasteiger partial charge in [-0.2, -0.15) is 0 Å². The fourth-order valence-corrected chi connectivity index (χ4v) is 3.11. The van der Waals surface area contributed by atoms with E-state index in [1.54, 1.807) is 24.3 Å². The van der Waals surface area contributed by atoms with Crippen LogP contribution in [0, 0.1) is 5.92 Å². The van der Waals surface area contributed by atoms with Crippen LogP contribution in [0.25, 0.3) is 0 Å². The number of carbonyl (C=O) groups is 2. The second-order valence-corrected chi connectivity index (χ2v) is 5.76. The Balaban J connectivity index is 1.76. The van der Waals surface area contributed by atoms with Crippen molar-refractivity contribution >= 4 is 11.8 Å². The number of hydrogen-bond acceptors (Lipinski definition) is 4. The maximum atomic E-state index is 12.3. The molecule has 1 N–H and O–H groups in total. The topological polar surface area (TPSA) is 60.9 Å². The molecule has 0 saturated carbocycles. The molecule has 0 unspecified atom stereocenters. The van der Waals surface area contributed by atoms with Gasteiger partial charge in [-0.3, -0.25) is 19.4 Å². The van der Waals surface area contributed by atoms with Gasteiger partial charge >= 0.3 is 0 Å². The number of likely N-dealkylation sites (tertiary alicyclic amines) is 1. The molecule has 1 aromatic rings. The first-order valence-corrected chi connectivity index (χ1v) is 6.92. The summed E-state index contributed by atoms with van der Waals surface area (Å²) in [4.78, 5) is 27.8. The summed E-state index contributed by atoms with van der Waals surface area (Å²) in [5, 5.41) is 9.80. The standard InChI is InChI=1S/C15H18N2O3/c1-10-6-11(18)8-16(7-10)9-17-14(19)12-4-2-3-5-13(12)15(17)20/h2-5,10-11,18H,6-9H2,1H3/t10-,11+/m1/s1. The molecule has 2 aliphatic rings. The molecule has 0 aromatic heterocycles. The number of hydrogen-bond donors (Lipinski definition) is 1. The molecular formula is C15H18N2O3. The smallest absolute Gasteiger partial charge is 0.262 e. The number of β-amino-alcohol motifs (C(OH)–C–C–N with tert-alkyl or cyclic N) is 1. The maximum Gasteiger partial charge on any atom is 0.262 e. The van der Waals surface area contributed by atoms with Gasteiger partial charge in [0.2, 0.25) is 0 Å². The van der Waals surface area contributed by atoms with Gasteiger partial charge in [-0.25, -0.2) is 0 Å². The van der Waals surface area contributed by atoms with Crippen LogP contribution in [0.4, 0.5) is 0 Å². The average Bonchev–Trinajstić information content (AvgIpc) is 2.64. The predicted molar refractivity (Wildman–Crippen MR) is 73.2 cm³/mol. The van der Waals surface area contributed by atoms with E-state index in [-0.39, 0.29) is 24.6 Å². The van der Waals surface area contributed by atoms with Crippen molar-refractivity contribution in [2.24, 2.45) is 5.92 Å². The maximum absolute atomic E-state index is 12.3. The molecule has 0 spiro atoms. The van der Waals surface area contributed by atoms with Gasteiger partial charge in [-0.05, 0) is 24.5 Å². The number of amides is 2. The molecule has 2 atom stereocenters. The highest BCUT2D eigenvalue weighted by Crippen LogP contribution is 2.24. The van der Waals surface area contributed by atoms with Crippen LogP contribution in [-0.2, 0) is 0 Å². The summed E-state index contributed by atoms with van der Waals surface area (Å²) in [5.74, 6) is -0.106. The Morgan fingerprint density at radius 1 is 1.15 bits per heavy atom. The first-order chi connectivity index (χ1) is 9.56. The number of imide groups is 1. The summed E-state index contributed by atoms with van der Waals surface area (Å²) in [6, 6.07) is 6.90. The highest BCUT2D eigenvalue weighted by atomic mass is 16.3. The second-order valence-electron chi connectivity index (χ2n) is 5.76. The highest BCUT2D eigenvalue weighted by Gasteiger charge is 2.37. The summed E-state index contributed by atoms with van der Waals surface area (Å²) < 4.78 is 0. The summed E-state index contributed by atoms with van der Waals surface area (Å²) in [6.45, 7) is 3.63. The van der Waals surface area contributed by atoms with Crippen molar-refractivity contribution in [1.82, 2.24) is 9.80 Å². The summed E-state index contributed by atoms with van der Waals surface area (Å²) in [6.07, 6.45) is 0.396. The van der Waals surface area contributed by atoms with E-state index in [4.69, 9.17) is 0 Å². The van der Waals surface area contributed by atoms with Gasteiger partial charge in [-0.1, -0.05) is 19.1 Å². The minimum Gasteiger partial charge on any atom is -0.392 e. The number of fused-ring (bicyclic) bond motifs is 1. The number of aliphatic hydroxyl groups excluding tert-OH is 1. The van der Waals surface area contributed by atoms with Crippen LogP contribution in [0.1, 0.15) is 34.1 Å². The van der Waals surface area contributed by atoms with Gasteiger partial charge in [-0.15, -0.1) is 0 Å². The van der Waals surface area contributed by atoms with E-state index in [2.05, 4.69) is 6.92 Å². The van der Waals surface area contributed by atoms with E-state index in [1.165, 1.54) is 4.90 Å². The molecule has 1 aromatic carbocycles. The van der Waals surface area contributed by atoms with E-state index in [9.17, 15) is 14.7 Å². The lowest BCUT2D eigenvalue weighted by Gasteiger charge is -2.35. The van der Waals surface area contributed by atoms with Gasteiger partial charge < -0.3 is 5.11 Å². The first kappa shape index (κ1) is 13.3. The Morgan fingerprint density at radius 2 is 1.75 bits per heavy atom. The Bertz CT molecular complexity index is 513. The van der Waals surface area contributed by atoms with E-state index >= 15 is 0 Å². The van der Waals surface area contributed by atoms with Gasteiger partial charge in [0.25, 0.3) is 11.8 Å². The fourth-order valence-electron chi connectivity index (χ4n) is 3.11. The van der Waals surface area contributed by atoms with Gasteiger partial charge in [0.05, 0.1) is 23.9 Å². The molecule has 0 radical (unpaired) electrons. The minimum absolute atomic E-state index is 0.238. The SMILES string of the molecule is C[C@@H]1C[C@H](O)CN(CN2C(=O)c3ccccc3C2=O)C1. The number of benzene rings is 1. The van der Waals surface area contributed by atoms with Crippen LogP contribution in [0.3, 0.4) is 0 Å². The van der Waals surface area contributed by atoms with Crippen molar-refractivity contribution < 1.29 is 14.7 Å². The van der Waals surface area contributed by atoms with Crippen LogP contribution >= 0.6 is 0 Å². The normalized spacial score (nSPS) is 27.0. The predicted octanol–water partition coefficient (Wildman–Crippen LogP) is 0.943. The molecule has 2 aliphatic heterocycles. The van der Waals surface area contributed by atoms with Crippen LogP contribution in [0.5, 0.6) is 0 Å². The second kappa shape index (κ2) is 5.00. The van der Waals surface area contributed by atoms with Crippen molar-refractivity contribution in [1.29, 1.82) is 0 Å². The largest absolute Gasteiger partial charge is 0.392 e. The van der Waals surface area contributed by atoms with E-state index in [0.717, 1.165) is 13.0 Å². The molecule has 0 bridgehead atoms. The van der Waals surface area contributed by atoms with Crippen molar-refractivity contribution in [3.05, 3.63) is 35.4 Å². The molecule has 1 saturated heterocycles. The van der Waals surface area contributed by atoms with Crippen molar-refractivity contribution in [2.45, 2.75) is 19.4 Å². The molecule has 2 amide bonds. The zero-order valence-electron chi connectivity index (χ0n) is 11.5. The van der Waals surface area contributed by atoms with Crippen molar-refractivity contribution in [3.8, 4) is 0 Å². The van der Waals surface area contributed by atoms with Crippen LogP contribution < -0.4 is 0 Å². The first-order valence-electron chi connectivity index (χ1n) is 6.92. The van der Waals surface area contributed by atoms with E-state index in [1.807, 2.05) is 4.90 Å². The van der Waals surface area contributed by atoms with Gasteiger partial charge in [0.1, 0.15) is 0 Å². The van der Waals surface area contributed by atoms with Crippen molar-refractivity contribution in [3.63, 3.8) is 0 Å². The molecule has 20 heavy (non-hydrogen) atoms. The number of piperidine rings is 1. The van der Waals surface area contributed by atoms with Crippen molar-refractivity contribution in [2.75, 3.05) is 19.8 Å². The number of rotatable bonds is 2. The summed E-state index contributed by atoms with van der Waals surface area (Å²) in [5.41, 5.74) is 0.950. The number of aliphatic hydroxyl groups is 1.